The van der Waals surface area contributed by atoms with Crippen LogP contribution in [0.2, 0.25) is 0 Å². The quantitative estimate of drug-likeness (QED) is 0.375. The molecule has 0 amide bonds. The van der Waals surface area contributed by atoms with Crippen molar-refractivity contribution in [2.45, 2.75) is 39.5 Å². The molecule has 0 fully saturated rings. The van der Waals surface area contributed by atoms with E-state index >= 15 is 0 Å². The summed E-state index contributed by atoms with van der Waals surface area (Å²) in [6, 6.07) is 0. The molecule has 1 nitrogen and oxygen atoms in total. The van der Waals surface area contributed by atoms with Crippen LogP contribution in [0.25, 0.3) is 0 Å². The van der Waals surface area contributed by atoms with E-state index in [-0.39, 0.29) is 22.9 Å². The molecule has 0 N–H and O–H groups in total. The van der Waals surface area contributed by atoms with E-state index in [9.17, 15) is 4.79 Å². The first-order valence-corrected chi connectivity index (χ1v) is 3.94. The van der Waals surface area contributed by atoms with Crippen molar-refractivity contribution >= 4 is 5.78 Å². The summed E-state index contributed by atoms with van der Waals surface area (Å²) < 4.78 is 0. The molecule has 0 aromatic heterocycles. The van der Waals surface area contributed by atoms with Gasteiger partial charge in [0.05, 0.1) is 0 Å². The van der Waals surface area contributed by atoms with E-state index in [2.05, 4.69) is 6.92 Å². The van der Waals surface area contributed by atoms with Gasteiger partial charge in [-0.25, -0.2) is 0 Å². The van der Waals surface area contributed by atoms with Crippen LogP contribution < -0.4 is 0 Å². The SMILES string of the molecule is CCCCCC=CC(C)=O.[Fe]. The van der Waals surface area contributed by atoms with Gasteiger partial charge in [-0.1, -0.05) is 25.8 Å². The van der Waals surface area contributed by atoms with Gasteiger partial charge in [-0.3, -0.25) is 4.79 Å². The molecular weight excluding hydrogens is 180 g/mol. The minimum absolute atomic E-state index is 0. The Balaban J connectivity index is 0. The van der Waals surface area contributed by atoms with Gasteiger partial charge in [-0.15, -0.1) is 0 Å². The molecule has 2 heteroatoms. The predicted octanol–water partition coefficient (Wildman–Crippen LogP) is 2.71. The van der Waals surface area contributed by atoms with E-state index in [1.807, 2.05) is 6.08 Å². The summed E-state index contributed by atoms with van der Waals surface area (Å²) in [7, 11) is 0. The van der Waals surface area contributed by atoms with E-state index in [4.69, 9.17) is 0 Å². The molecule has 0 aromatic carbocycles. The van der Waals surface area contributed by atoms with Crippen LogP contribution in [0.15, 0.2) is 12.2 Å². The Morgan fingerprint density at radius 3 is 2.45 bits per heavy atom. The molecule has 66 valence electrons. The van der Waals surface area contributed by atoms with Gasteiger partial charge in [0, 0.05) is 17.1 Å². The van der Waals surface area contributed by atoms with Crippen LogP contribution in [0, 0.1) is 0 Å². The van der Waals surface area contributed by atoms with Crippen molar-refractivity contribution in [1.29, 1.82) is 0 Å². The first-order valence-electron chi connectivity index (χ1n) is 3.94. The van der Waals surface area contributed by atoms with Crippen molar-refractivity contribution in [3.63, 3.8) is 0 Å². The molecule has 0 saturated heterocycles. The molecule has 0 rings (SSSR count). The zero-order valence-electron chi connectivity index (χ0n) is 7.24. The van der Waals surface area contributed by atoms with Crippen LogP contribution in [0.5, 0.6) is 0 Å². The third-order valence-corrected chi connectivity index (χ3v) is 1.33. The number of hydrogen-bond donors (Lipinski definition) is 0. The van der Waals surface area contributed by atoms with Crippen molar-refractivity contribution in [3.8, 4) is 0 Å². The molecule has 0 aliphatic carbocycles. The van der Waals surface area contributed by atoms with Crippen LogP contribution in [0.1, 0.15) is 39.5 Å². The molecule has 0 aliphatic rings. The molecule has 0 bridgehead atoms. The fraction of sp³-hybridized carbons (Fsp3) is 0.667. The average molecular weight is 196 g/mol. The molecule has 0 radical (unpaired) electrons. The van der Waals surface area contributed by atoms with Gasteiger partial charge in [0.2, 0.25) is 0 Å². The fourth-order valence-electron chi connectivity index (χ4n) is 0.761. The van der Waals surface area contributed by atoms with Crippen molar-refractivity contribution in [2.75, 3.05) is 0 Å². The van der Waals surface area contributed by atoms with Crippen LogP contribution in [0.3, 0.4) is 0 Å². The molecule has 11 heavy (non-hydrogen) atoms. The topological polar surface area (TPSA) is 17.1 Å². The van der Waals surface area contributed by atoms with Crippen LogP contribution in [0.4, 0.5) is 0 Å². The maximum absolute atomic E-state index is 10.4. The van der Waals surface area contributed by atoms with Crippen LogP contribution in [-0.2, 0) is 21.9 Å². The number of rotatable bonds is 5. The maximum atomic E-state index is 10.4. The number of unbranched alkanes of at least 4 members (excludes halogenated alkanes) is 3. The minimum Gasteiger partial charge on any atom is -0.295 e. The summed E-state index contributed by atoms with van der Waals surface area (Å²) in [5.74, 6) is 0.150. The van der Waals surface area contributed by atoms with Crippen LogP contribution >= 0.6 is 0 Å². The molecular formula is C9H16FeO. The largest absolute Gasteiger partial charge is 0.295 e. The van der Waals surface area contributed by atoms with Gasteiger partial charge in [0.25, 0.3) is 0 Å². The number of allylic oxidation sites excluding steroid dienone is 2. The van der Waals surface area contributed by atoms with Crippen molar-refractivity contribution < 1.29 is 21.9 Å². The van der Waals surface area contributed by atoms with E-state index in [1.54, 1.807) is 13.0 Å². The van der Waals surface area contributed by atoms with Gasteiger partial charge in [-0.2, -0.15) is 0 Å². The molecule has 0 aromatic rings. The van der Waals surface area contributed by atoms with E-state index in [0.717, 1.165) is 6.42 Å². The second-order valence-electron chi connectivity index (χ2n) is 2.51. The molecule has 0 atom stereocenters. The molecule has 0 heterocycles. The molecule has 0 aliphatic heterocycles. The van der Waals surface area contributed by atoms with Crippen LogP contribution in [-0.4, -0.2) is 5.78 Å². The van der Waals surface area contributed by atoms with Gasteiger partial charge < -0.3 is 0 Å². The second-order valence-corrected chi connectivity index (χ2v) is 2.51. The van der Waals surface area contributed by atoms with Gasteiger partial charge in [0.1, 0.15) is 0 Å². The normalized spacial score (nSPS) is 9.64. The fourth-order valence-corrected chi connectivity index (χ4v) is 0.761. The smallest absolute Gasteiger partial charge is 0.152 e. The van der Waals surface area contributed by atoms with Gasteiger partial charge >= 0.3 is 0 Å². The van der Waals surface area contributed by atoms with Crippen molar-refractivity contribution in [2.24, 2.45) is 0 Å². The molecule has 0 spiro atoms. The third-order valence-electron chi connectivity index (χ3n) is 1.33. The summed E-state index contributed by atoms with van der Waals surface area (Å²) >= 11 is 0. The summed E-state index contributed by atoms with van der Waals surface area (Å²) in [5.41, 5.74) is 0. The number of ketones is 1. The minimum atomic E-state index is 0. The Morgan fingerprint density at radius 2 is 2.00 bits per heavy atom. The van der Waals surface area contributed by atoms with E-state index in [1.165, 1.54) is 19.3 Å². The monoisotopic (exact) mass is 196 g/mol. The van der Waals surface area contributed by atoms with E-state index in [0.29, 0.717) is 0 Å². The summed E-state index contributed by atoms with van der Waals surface area (Å²) in [6.07, 6.45) is 8.37. The molecule has 0 saturated carbocycles. The zero-order valence-corrected chi connectivity index (χ0v) is 8.35. The maximum Gasteiger partial charge on any atom is 0.152 e. The Kier molecular flexibility index (Phi) is 12.2. The predicted molar refractivity (Wildman–Crippen MR) is 44.0 cm³/mol. The van der Waals surface area contributed by atoms with Gasteiger partial charge in [0.15, 0.2) is 5.78 Å². The standard InChI is InChI=1S/C9H16O.Fe/c1-3-4-5-6-7-8-9(2)10;/h7-8H,3-6H2,1-2H3;. The Bertz CT molecular complexity index is 119. The van der Waals surface area contributed by atoms with Crippen molar-refractivity contribution in [3.05, 3.63) is 12.2 Å². The first kappa shape index (κ1) is 13.5. The summed E-state index contributed by atoms with van der Waals surface area (Å²) in [6.45, 7) is 3.75. The first-order chi connectivity index (χ1) is 4.77. The zero-order chi connectivity index (χ0) is 7.82. The average Bonchev–Trinajstić information content (AvgIpc) is 1.87. The number of carbonyl (C=O) groups is 1. The molecule has 0 unspecified atom stereocenters. The van der Waals surface area contributed by atoms with Gasteiger partial charge in [-0.05, 0) is 25.8 Å². The second kappa shape index (κ2) is 9.93. The third kappa shape index (κ3) is 13.0. The Morgan fingerprint density at radius 1 is 1.36 bits per heavy atom. The Hall–Kier alpha value is -0.0705. The summed E-state index contributed by atoms with van der Waals surface area (Å²) in [4.78, 5) is 10.4. The summed E-state index contributed by atoms with van der Waals surface area (Å²) in [5, 5.41) is 0. The number of hydrogen-bond acceptors (Lipinski definition) is 1. The van der Waals surface area contributed by atoms with Crippen molar-refractivity contribution in [1.82, 2.24) is 0 Å². The number of carbonyl (C=O) groups excluding carboxylic acids is 1. The van der Waals surface area contributed by atoms with E-state index < -0.39 is 0 Å². The Labute approximate surface area is 79.7 Å².